The zero-order chi connectivity index (χ0) is 16.7. The van der Waals surface area contributed by atoms with Crippen LogP contribution in [-0.2, 0) is 9.59 Å². The van der Waals surface area contributed by atoms with E-state index in [-0.39, 0.29) is 16.3 Å². The van der Waals surface area contributed by atoms with Crippen molar-refractivity contribution in [2.75, 3.05) is 11.4 Å². The number of carbonyl (C=O) groups is 2. The monoisotopic (exact) mass is 341 g/mol. The number of aromatic nitrogens is 2. The van der Waals surface area contributed by atoms with E-state index in [9.17, 15) is 9.59 Å². The van der Waals surface area contributed by atoms with Gasteiger partial charge in [0, 0.05) is 37.1 Å². The molecule has 1 aliphatic carbocycles. The Morgan fingerprint density at radius 3 is 2.67 bits per heavy atom. The van der Waals surface area contributed by atoms with Gasteiger partial charge in [0.2, 0.25) is 5.91 Å². The van der Waals surface area contributed by atoms with Gasteiger partial charge in [0.15, 0.2) is 5.12 Å². The molecule has 1 saturated heterocycles. The largest absolute Gasteiger partial charge is 0.296 e. The number of nitrogens with zero attached hydrogens (tertiary/aromatic N) is 3. The molecule has 2 aliphatic rings. The van der Waals surface area contributed by atoms with Crippen LogP contribution in [0.3, 0.4) is 0 Å². The summed E-state index contributed by atoms with van der Waals surface area (Å²) in [5.41, 5.74) is 2.01. The predicted octanol–water partition coefficient (Wildman–Crippen LogP) is 3.13. The average Bonchev–Trinajstić information content (AvgIpc) is 3.22. The van der Waals surface area contributed by atoms with E-state index in [0.29, 0.717) is 18.9 Å². The molecular weight excluding hydrogens is 322 g/mol. The highest BCUT2D eigenvalue weighted by atomic mass is 32.2. The second kappa shape index (κ2) is 6.09. The van der Waals surface area contributed by atoms with Crippen LogP contribution in [0.5, 0.6) is 0 Å². The number of rotatable bonds is 4. The lowest BCUT2D eigenvalue weighted by atomic mass is 10.3. The predicted molar refractivity (Wildman–Crippen MR) is 94.6 cm³/mol. The molecule has 0 radical (unpaired) electrons. The summed E-state index contributed by atoms with van der Waals surface area (Å²) in [5, 5.41) is 4.84. The van der Waals surface area contributed by atoms with Crippen LogP contribution in [0.4, 0.5) is 5.82 Å². The maximum absolute atomic E-state index is 12.5. The molecule has 1 unspecified atom stereocenters. The van der Waals surface area contributed by atoms with Gasteiger partial charge < -0.3 is 0 Å². The summed E-state index contributed by atoms with van der Waals surface area (Å²) < 4.78 is 1.87. The molecule has 2 aromatic rings. The van der Waals surface area contributed by atoms with Crippen LogP contribution in [0.1, 0.15) is 37.8 Å². The Labute approximate surface area is 145 Å². The molecular formula is C18H19N3O2S. The third-order valence-electron chi connectivity index (χ3n) is 4.40. The second-order valence-electron chi connectivity index (χ2n) is 6.39. The van der Waals surface area contributed by atoms with Crippen molar-refractivity contribution in [1.29, 1.82) is 0 Å². The molecule has 2 heterocycles. The van der Waals surface area contributed by atoms with Crippen molar-refractivity contribution in [1.82, 2.24) is 9.78 Å². The van der Waals surface area contributed by atoms with Crippen LogP contribution in [0.2, 0.25) is 0 Å². The van der Waals surface area contributed by atoms with Crippen LogP contribution in [0, 0.1) is 0 Å². The van der Waals surface area contributed by atoms with E-state index >= 15 is 0 Å². The Morgan fingerprint density at radius 1 is 1.25 bits per heavy atom. The van der Waals surface area contributed by atoms with Gasteiger partial charge in [0.05, 0.1) is 11.4 Å². The molecule has 6 heteroatoms. The Morgan fingerprint density at radius 2 is 2.00 bits per heavy atom. The van der Waals surface area contributed by atoms with Gasteiger partial charge in [-0.1, -0.05) is 30.0 Å². The zero-order valence-corrected chi connectivity index (χ0v) is 14.3. The van der Waals surface area contributed by atoms with Crippen molar-refractivity contribution in [3.05, 3.63) is 42.1 Å². The molecule has 2 fully saturated rings. The van der Waals surface area contributed by atoms with E-state index in [2.05, 4.69) is 0 Å². The van der Waals surface area contributed by atoms with Gasteiger partial charge in [0.25, 0.3) is 0 Å². The molecule has 1 atom stereocenters. The van der Waals surface area contributed by atoms with Crippen LogP contribution in [-0.4, -0.2) is 32.6 Å². The third-order valence-corrected chi connectivity index (χ3v) is 5.39. The highest BCUT2D eigenvalue weighted by Crippen LogP contribution is 2.41. The molecule has 1 aromatic carbocycles. The Balaban J connectivity index is 1.69. The van der Waals surface area contributed by atoms with Crippen LogP contribution >= 0.6 is 11.8 Å². The molecule has 4 rings (SSSR count). The molecule has 5 nitrogen and oxygen atoms in total. The number of para-hydroxylation sites is 1. The number of thioether (sulfide) groups is 1. The van der Waals surface area contributed by atoms with Crippen molar-refractivity contribution in [3.8, 4) is 5.69 Å². The number of anilines is 1. The molecule has 1 aromatic heterocycles. The summed E-state index contributed by atoms with van der Waals surface area (Å²) in [6, 6.07) is 11.9. The summed E-state index contributed by atoms with van der Waals surface area (Å²) in [7, 11) is 0. The lowest BCUT2D eigenvalue weighted by Gasteiger charge is -2.17. The third kappa shape index (κ3) is 2.98. The number of benzene rings is 1. The minimum Gasteiger partial charge on any atom is -0.296 e. The van der Waals surface area contributed by atoms with Crippen LogP contribution < -0.4 is 4.90 Å². The fourth-order valence-corrected chi connectivity index (χ4v) is 4.05. The summed E-state index contributed by atoms with van der Waals surface area (Å²) in [6.07, 6.45) is 2.74. The highest BCUT2D eigenvalue weighted by Gasteiger charge is 2.36. The number of hydrogen-bond acceptors (Lipinski definition) is 4. The lowest BCUT2D eigenvalue weighted by Crippen LogP contribution is -2.27. The standard InChI is InChI=1S/C18H19N3O2S/c1-12(22)24-15-9-18(23)20(11-15)17-10-16(13-7-8-13)19-21(17)14-5-3-2-4-6-14/h2-6,10,13,15H,7-9,11H2,1H3. The van der Waals surface area contributed by atoms with Gasteiger partial charge in [-0.3, -0.25) is 14.5 Å². The first-order chi connectivity index (χ1) is 11.6. The maximum Gasteiger partial charge on any atom is 0.229 e. The van der Waals surface area contributed by atoms with E-state index in [4.69, 9.17) is 5.10 Å². The highest BCUT2D eigenvalue weighted by molar-refractivity contribution is 8.14. The minimum atomic E-state index is 0.0264. The van der Waals surface area contributed by atoms with Crippen molar-refractivity contribution >= 4 is 28.6 Å². The maximum atomic E-state index is 12.5. The van der Waals surface area contributed by atoms with Crippen molar-refractivity contribution < 1.29 is 9.59 Å². The van der Waals surface area contributed by atoms with Crippen molar-refractivity contribution in [2.24, 2.45) is 0 Å². The molecule has 1 saturated carbocycles. The Kier molecular flexibility index (Phi) is 3.92. The van der Waals surface area contributed by atoms with Gasteiger partial charge in [-0.2, -0.15) is 5.10 Å². The number of amides is 1. The molecule has 0 bridgehead atoms. The van der Waals surface area contributed by atoms with Gasteiger partial charge in [-0.05, 0) is 25.0 Å². The molecule has 24 heavy (non-hydrogen) atoms. The van der Waals surface area contributed by atoms with Gasteiger partial charge in [-0.15, -0.1) is 0 Å². The van der Waals surface area contributed by atoms with E-state index in [1.807, 2.05) is 41.1 Å². The van der Waals surface area contributed by atoms with Crippen LogP contribution in [0.15, 0.2) is 36.4 Å². The van der Waals surface area contributed by atoms with E-state index < -0.39 is 0 Å². The first-order valence-corrected chi connectivity index (χ1v) is 9.13. The van der Waals surface area contributed by atoms with Crippen molar-refractivity contribution in [2.45, 2.75) is 37.4 Å². The van der Waals surface area contributed by atoms with Crippen molar-refractivity contribution in [3.63, 3.8) is 0 Å². The summed E-state index contributed by atoms with van der Waals surface area (Å²) in [6.45, 7) is 2.11. The zero-order valence-electron chi connectivity index (χ0n) is 13.5. The van der Waals surface area contributed by atoms with Gasteiger partial charge in [0.1, 0.15) is 5.82 Å². The molecule has 1 aliphatic heterocycles. The lowest BCUT2D eigenvalue weighted by molar-refractivity contribution is -0.117. The van der Waals surface area contributed by atoms with Crippen LogP contribution in [0.25, 0.3) is 5.69 Å². The smallest absolute Gasteiger partial charge is 0.229 e. The minimum absolute atomic E-state index is 0.0264. The van der Waals surface area contributed by atoms with E-state index in [1.54, 1.807) is 11.8 Å². The van der Waals surface area contributed by atoms with Gasteiger partial charge >= 0.3 is 0 Å². The van der Waals surface area contributed by atoms with E-state index in [1.165, 1.54) is 24.6 Å². The quantitative estimate of drug-likeness (QED) is 0.857. The van der Waals surface area contributed by atoms with E-state index in [0.717, 1.165) is 17.2 Å². The summed E-state index contributed by atoms with van der Waals surface area (Å²) >= 11 is 1.26. The Hall–Kier alpha value is -2.08. The fourth-order valence-electron chi connectivity index (χ4n) is 3.13. The first kappa shape index (κ1) is 15.4. The normalized spacial score (nSPS) is 20.6. The molecule has 124 valence electrons. The average molecular weight is 341 g/mol. The Bertz CT molecular complexity index is 783. The fraction of sp³-hybridized carbons (Fsp3) is 0.389. The number of hydrogen-bond donors (Lipinski definition) is 0. The van der Waals surface area contributed by atoms with Gasteiger partial charge in [-0.25, -0.2) is 4.68 Å². The molecule has 0 N–H and O–H groups in total. The second-order valence-corrected chi connectivity index (χ2v) is 7.87. The number of carbonyl (C=O) groups excluding carboxylic acids is 2. The summed E-state index contributed by atoms with van der Waals surface area (Å²) in [4.78, 5) is 25.6. The first-order valence-electron chi connectivity index (χ1n) is 8.25. The molecule has 0 spiro atoms. The molecule has 1 amide bonds. The summed E-state index contributed by atoms with van der Waals surface area (Å²) in [5.74, 6) is 1.40. The SMILES string of the molecule is CC(=O)SC1CC(=O)N(c2cc(C3CC3)nn2-c2ccccc2)C1. The topological polar surface area (TPSA) is 55.2 Å².